The molecule has 6 rings (SSSR count). The Balaban J connectivity index is 1.36. The lowest BCUT2D eigenvalue weighted by Crippen LogP contribution is -2.14. The number of carbonyl (C=O) groups excluding carboxylic acids is 1. The van der Waals surface area contributed by atoms with E-state index in [4.69, 9.17) is 4.74 Å². The summed E-state index contributed by atoms with van der Waals surface area (Å²) < 4.78 is 8.79. The smallest absolute Gasteiger partial charge is 0.227 e. The molecular formula is C22H18N8O2S. The second-order valence-electron chi connectivity index (χ2n) is 7.65. The Kier molecular flexibility index (Phi) is 4.68. The summed E-state index contributed by atoms with van der Waals surface area (Å²) in [7, 11) is 1.59. The van der Waals surface area contributed by atoms with Crippen molar-refractivity contribution in [2.75, 3.05) is 12.4 Å². The van der Waals surface area contributed by atoms with Gasteiger partial charge in [-0.15, -0.1) is 10.2 Å². The quantitative estimate of drug-likeness (QED) is 0.412. The highest BCUT2D eigenvalue weighted by atomic mass is 32.2. The minimum absolute atomic E-state index is 0.0189. The van der Waals surface area contributed by atoms with E-state index in [0.29, 0.717) is 33.0 Å². The lowest BCUT2D eigenvalue weighted by Gasteiger charge is -2.08. The lowest BCUT2D eigenvalue weighted by molar-refractivity contribution is -0.117. The second-order valence-corrected chi connectivity index (χ2v) is 8.64. The molecule has 1 N–H and O–H groups in total. The molecule has 11 heteroatoms. The number of nitrogens with one attached hydrogen (secondary N) is 1. The van der Waals surface area contributed by atoms with E-state index in [2.05, 4.69) is 30.6 Å². The van der Waals surface area contributed by atoms with Gasteiger partial charge in [-0.25, -0.2) is 14.5 Å². The maximum absolute atomic E-state index is 12.3. The average molecular weight is 459 g/mol. The Bertz CT molecular complexity index is 1510. The number of anilines is 1. The maximum Gasteiger partial charge on any atom is 0.227 e. The van der Waals surface area contributed by atoms with Gasteiger partial charge in [0.15, 0.2) is 11.3 Å². The summed E-state index contributed by atoms with van der Waals surface area (Å²) in [6.07, 6.45) is 7.20. The van der Waals surface area contributed by atoms with Crippen molar-refractivity contribution in [2.45, 2.75) is 23.0 Å². The van der Waals surface area contributed by atoms with Gasteiger partial charge in [-0.3, -0.25) is 9.20 Å². The fourth-order valence-electron chi connectivity index (χ4n) is 3.49. The highest BCUT2D eigenvalue weighted by molar-refractivity contribution is 7.99. The molecule has 0 aliphatic heterocycles. The predicted molar refractivity (Wildman–Crippen MR) is 121 cm³/mol. The predicted octanol–water partition coefficient (Wildman–Crippen LogP) is 3.34. The fraction of sp³-hybridized carbons (Fsp3) is 0.182. The van der Waals surface area contributed by atoms with Crippen LogP contribution in [0.1, 0.15) is 12.8 Å². The molecule has 33 heavy (non-hydrogen) atoms. The zero-order valence-electron chi connectivity index (χ0n) is 17.5. The summed E-state index contributed by atoms with van der Waals surface area (Å²) in [5.41, 5.74) is 3.62. The molecule has 1 saturated carbocycles. The van der Waals surface area contributed by atoms with Crippen molar-refractivity contribution in [3.63, 3.8) is 0 Å². The summed E-state index contributed by atoms with van der Waals surface area (Å²) in [4.78, 5) is 21.2. The number of pyridine rings is 2. The van der Waals surface area contributed by atoms with E-state index in [-0.39, 0.29) is 11.8 Å². The highest BCUT2D eigenvalue weighted by Crippen LogP contribution is 2.33. The van der Waals surface area contributed by atoms with E-state index >= 15 is 0 Å². The molecule has 1 fully saturated rings. The molecule has 1 amide bonds. The van der Waals surface area contributed by atoms with Gasteiger partial charge in [-0.05, 0) is 42.8 Å². The number of methoxy groups -OCH3 is 1. The normalized spacial score (nSPS) is 13.5. The van der Waals surface area contributed by atoms with E-state index in [0.717, 1.165) is 24.1 Å². The first kappa shape index (κ1) is 19.7. The van der Waals surface area contributed by atoms with Gasteiger partial charge in [0, 0.05) is 42.2 Å². The number of carbonyl (C=O) groups is 1. The Labute approximate surface area is 192 Å². The molecule has 1 aliphatic rings. The van der Waals surface area contributed by atoms with Crippen LogP contribution in [0.3, 0.4) is 0 Å². The summed E-state index contributed by atoms with van der Waals surface area (Å²) in [5.74, 6) is 0.656. The van der Waals surface area contributed by atoms with Gasteiger partial charge >= 0.3 is 0 Å². The Morgan fingerprint density at radius 1 is 1.21 bits per heavy atom. The average Bonchev–Trinajstić information content (AvgIpc) is 3.47. The number of nitrogens with zero attached hydrogens (tertiary/aromatic N) is 7. The van der Waals surface area contributed by atoms with Crippen LogP contribution in [0, 0.1) is 5.92 Å². The first-order chi connectivity index (χ1) is 16.2. The maximum atomic E-state index is 12.3. The van der Waals surface area contributed by atoms with Gasteiger partial charge < -0.3 is 10.1 Å². The summed E-state index contributed by atoms with van der Waals surface area (Å²) in [5, 5.41) is 17.5. The van der Waals surface area contributed by atoms with Crippen molar-refractivity contribution in [3.8, 4) is 17.1 Å². The number of rotatable bonds is 6. The summed E-state index contributed by atoms with van der Waals surface area (Å²) >= 11 is 1.35. The van der Waals surface area contributed by atoms with Crippen LogP contribution in [0.5, 0.6) is 5.88 Å². The first-order valence-corrected chi connectivity index (χ1v) is 11.2. The van der Waals surface area contributed by atoms with E-state index in [9.17, 15) is 4.79 Å². The van der Waals surface area contributed by atoms with Gasteiger partial charge in [0.2, 0.25) is 16.9 Å². The molecule has 0 unspecified atom stereocenters. The molecule has 0 spiro atoms. The molecular weight excluding hydrogens is 440 g/mol. The number of fused-ring (bicyclic) bond motifs is 2. The molecule has 0 aromatic carbocycles. The minimum Gasteiger partial charge on any atom is -0.481 e. The van der Waals surface area contributed by atoms with E-state index in [1.54, 1.807) is 30.1 Å². The molecule has 0 atom stereocenters. The molecule has 0 radical (unpaired) electrons. The van der Waals surface area contributed by atoms with Crippen molar-refractivity contribution in [1.82, 2.24) is 34.2 Å². The standard InChI is InChI=1S/C22H18N8O2S/c1-32-18-4-2-3-15(24-18)14-7-8-17-26-27-22(29(17)12-14)33-19-11-16(25-21(31)13-5-6-13)20-23-9-10-30(20)28-19/h2-4,7-13H,5-6H2,1H3,(H,25,31). The highest BCUT2D eigenvalue weighted by Gasteiger charge is 2.30. The third kappa shape index (κ3) is 3.76. The van der Waals surface area contributed by atoms with Crippen molar-refractivity contribution in [1.29, 1.82) is 0 Å². The number of aromatic nitrogens is 7. The van der Waals surface area contributed by atoms with Crippen LogP contribution in [0.4, 0.5) is 5.69 Å². The van der Waals surface area contributed by atoms with E-state index in [1.807, 2.05) is 40.9 Å². The Hall–Kier alpha value is -3.99. The molecule has 0 saturated heterocycles. The molecule has 10 nitrogen and oxygen atoms in total. The van der Waals surface area contributed by atoms with E-state index in [1.165, 1.54) is 11.8 Å². The topological polar surface area (TPSA) is 112 Å². The van der Waals surface area contributed by atoms with Crippen LogP contribution in [0.25, 0.3) is 22.6 Å². The Morgan fingerprint density at radius 3 is 2.97 bits per heavy atom. The van der Waals surface area contributed by atoms with Crippen molar-refractivity contribution < 1.29 is 9.53 Å². The van der Waals surface area contributed by atoms with Crippen LogP contribution in [-0.4, -0.2) is 47.2 Å². The van der Waals surface area contributed by atoms with Gasteiger partial charge in [-0.1, -0.05) is 6.07 Å². The van der Waals surface area contributed by atoms with E-state index < -0.39 is 0 Å². The lowest BCUT2D eigenvalue weighted by atomic mass is 10.2. The summed E-state index contributed by atoms with van der Waals surface area (Å²) in [6, 6.07) is 11.3. The van der Waals surface area contributed by atoms with Crippen molar-refractivity contribution in [2.24, 2.45) is 5.92 Å². The molecule has 5 aromatic rings. The number of hydrogen-bond acceptors (Lipinski definition) is 8. The van der Waals surface area contributed by atoms with Crippen LogP contribution < -0.4 is 10.1 Å². The molecule has 0 bridgehead atoms. The van der Waals surface area contributed by atoms with Gasteiger partial charge in [0.25, 0.3) is 0 Å². The largest absolute Gasteiger partial charge is 0.481 e. The Morgan fingerprint density at radius 2 is 2.12 bits per heavy atom. The minimum atomic E-state index is 0.0189. The number of amides is 1. The van der Waals surface area contributed by atoms with Crippen molar-refractivity contribution in [3.05, 3.63) is 55.0 Å². The second kappa shape index (κ2) is 7.85. The molecule has 164 valence electrons. The van der Waals surface area contributed by atoms with Crippen LogP contribution in [-0.2, 0) is 4.79 Å². The van der Waals surface area contributed by atoms with Gasteiger partial charge in [0.1, 0.15) is 5.03 Å². The van der Waals surface area contributed by atoms with Crippen LogP contribution in [0.15, 0.2) is 65.2 Å². The van der Waals surface area contributed by atoms with Crippen molar-refractivity contribution >= 4 is 34.7 Å². The molecule has 5 heterocycles. The number of hydrogen-bond donors (Lipinski definition) is 1. The van der Waals surface area contributed by atoms with Crippen LogP contribution in [0.2, 0.25) is 0 Å². The number of ether oxygens (including phenoxy) is 1. The first-order valence-electron chi connectivity index (χ1n) is 10.4. The zero-order chi connectivity index (χ0) is 22.4. The molecule has 1 aliphatic carbocycles. The van der Waals surface area contributed by atoms with Gasteiger partial charge in [0.05, 0.1) is 18.5 Å². The fourth-order valence-corrected chi connectivity index (χ4v) is 4.31. The summed E-state index contributed by atoms with van der Waals surface area (Å²) in [6.45, 7) is 0. The third-order valence-corrected chi connectivity index (χ3v) is 6.21. The SMILES string of the molecule is COc1cccc(-c2ccc3nnc(Sc4cc(NC(=O)C5CC5)c5nccn5n4)n3c2)n1. The van der Waals surface area contributed by atoms with Gasteiger partial charge in [-0.2, -0.15) is 5.10 Å². The third-order valence-electron chi connectivity index (χ3n) is 5.34. The zero-order valence-corrected chi connectivity index (χ0v) is 18.4. The molecule has 5 aromatic heterocycles. The monoisotopic (exact) mass is 458 g/mol. The van der Waals surface area contributed by atoms with Crippen LogP contribution >= 0.6 is 11.8 Å². The number of imidazole rings is 1.